The third-order valence-corrected chi connectivity index (χ3v) is 6.09. The number of allylic oxidation sites excluding steroid dienone is 1. The molecule has 9 heteroatoms. The largest absolute Gasteiger partial charge is 0.492 e. The number of amidine groups is 1. The molecule has 1 saturated heterocycles. The molecule has 4 rings (SSSR count). The second-order valence-corrected chi connectivity index (χ2v) is 9.22. The fraction of sp³-hybridized carbons (Fsp3) is 0.321. The number of nitrogens with two attached hydrogens (primary N) is 1. The minimum Gasteiger partial charge on any atom is -0.492 e. The third kappa shape index (κ3) is 7.10. The highest BCUT2D eigenvalue weighted by molar-refractivity contribution is 5.98. The Kier molecular flexibility index (Phi) is 8.45. The van der Waals surface area contributed by atoms with Crippen LogP contribution in [-0.2, 0) is 11.3 Å². The first kappa shape index (κ1) is 26.2. The zero-order chi connectivity index (χ0) is 26.4. The zero-order valence-corrected chi connectivity index (χ0v) is 21.0. The van der Waals surface area contributed by atoms with Gasteiger partial charge in [-0.2, -0.15) is 5.10 Å². The van der Waals surface area contributed by atoms with Crippen molar-refractivity contribution in [3.8, 4) is 11.3 Å². The van der Waals surface area contributed by atoms with Crippen molar-refractivity contribution in [1.82, 2.24) is 14.7 Å². The van der Waals surface area contributed by atoms with Gasteiger partial charge in [0.2, 0.25) is 0 Å². The Morgan fingerprint density at radius 2 is 1.97 bits per heavy atom. The molecule has 37 heavy (non-hydrogen) atoms. The van der Waals surface area contributed by atoms with Crippen LogP contribution in [0.2, 0.25) is 0 Å². The first-order chi connectivity index (χ1) is 17.8. The first-order valence-electron chi connectivity index (χ1n) is 12.3. The molecule has 0 aliphatic carbocycles. The molecule has 0 amide bonds. The van der Waals surface area contributed by atoms with Gasteiger partial charge in [0.1, 0.15) is 29.3 Å². The average Bonchev–Trinajstić information content (AvgIpc) is 3.27. The molecule has 2 heterocycles. The van der Waals surface area contributed by atoms with E-state index in [2.05, 4.69) is 29.0 Å². The van der Waals surface area contributed by atoms with Gasteiger partial charge in [-0.05, 0) is 49.7 Å². The van der Waals surface area contributed by atoms with Crippen LogP contribution >= 0.6 is 0 Å². The summed E-state index contributed by atoms with van der Waals surface area (Å²) in [6.45, 7) is 4.15. The molecule has 0 unspecified atom stereocenters. The molecular weight excluding hydrogens is 476 g/mol. The number of nitrogens with zero attached hydrogens (tertiary/aromatic N) is 4. The predicted molar refractivity (Wildman–Crippen MR) is 140 cm³/mol. The maximum Gasteiger partial charge on any atom is 0.267 e. The van der Waals surface area contributed by atoms with Gasteiger partial charge in [0, 0.05) is 42.8 Å². The third-order valence-electron chi connectivity index (χ3n) is 6.09. The summed E-state index contributed by atoms with van der Waals surface area (Å²) in [5.41, 5.74) is 7.95. The van der Waals surface area contributed by atoms with Gasteiger partial charge in [0.15, 0.2) is 0 Å². The van der Waals surface area contributed by atoms with Crippen molar-refractivity contribution in [2.75, 3.05) is 20.1 Å². The van der Waals surface area contributed by atoms with Gasteiger partial charge in [-0.1, -0.05) is 25.1 Å². The van der Waals surface area contributed by atoms with Gasteiger partial charge in [-0.25, -0.2) is 18.5 Å². The maximum absolute atomic E-state index is 13.7. The maximum atomic E-state index is 13.7. The lowest BCUT2D eigenvalue weighted by molar-refractivity contribution is 0.116. The van der Waals surface area contributed by atoms with Crippen LogP contribution in [-0.4, -0.2) is 46.8 Å². The van der Waals surface area contributed by atoms with Gasteiger partial charge < -0.3 is 15.4 Å². The molecule has 1 aliphatic rings. The Bertz CT molecular complexity index is 1350. The van der Waals surface area contributed by atoms with Crippen LogP contribution in [0.15, 0.2) is 76.3 Å². The SMILES string of the molecule is CCC/C(=C\N=C(N)c1cccc(Cn2nc(-c3cc(F)cc(F)c3)ccc2=O)c1)O[C@H]1CCN(C)C1. The van der Waals surface area contributed by atoms with Crippen LogP contribution in [0.1, 0.15) is 37.3 Å². The highest BCUT2D eigenvalue weighted by Gasteiger charge is 2.21. The predicted octanol–water partition coefficient (Wildman–Crippen LogP) is 4.30. The summed E-state index contributed by atoms with van der Waals surface area (Å²) in [5.74, 6) is -0.293. The summed E-state index contributed by atoms with van der Waals surface area (Å²) < 4.78 is 34.7. The van der Waals surface area contributed by atoms with Crippen LogP contribution in [0.5, 0.6) is 0 Å². The van der Waals surface area contributed by atoms with Crippen LogP contribution in [0.3, 0.4) is 0 Å². The molecule has 0 saturated carbocycles. The van der Waals surface area contributed by atoms with Crippen molar-refractivity contribution >= 4 is 5.84 Å². The summed E-state index contributed by atoms with van der Waals surface area (Å²) in [6, 6.07) is 13.2. The van der Waals surface area contributed by atoms with Gasteiger partial charge in [0.05, 0.1) is 18.4 Å². The van der Waals surface area contributed by atoms with E-state index >= 15 is 0 Å². The number of hydrogen-bond donors (Lipinski definition) is 1. The van der Waals surface area contributed by atoms with E-state index in [1.807, 2.05) is 24.3 Å². The van der Waals surface area contributed by atoms with Gasteiger partial charge in [-0.3, -0.25) is 4.79 Å². The van der Waals surface area contributed by atoms with Crippen molar-refractivity contribution in [2.24, 2.45) is 10.7 Å². The number of ether oxygens (including phenoxy) is 1. The summed E-state index contributed by atoms with van der Waals surface area (Å²) in [7, 11) is 2.08. The lowest BCUT2D eigenvalue weighted by Crippen LogP contribution is -2.23. The molecule has 1 aliphatic heterocycles. The smallest absolute Gasteiger partial charge is 0.267 e. The van der Waals surface area contributed by atoms with Crippen molar-refractivity contribution in [1.29, 1.82) is 0 Å². The normalized spacial score (nSPS) is 16.8. The van der Waals surface area contributed by atoms with Gasteiger partial charge in [-0.15, -0.1) is 0 Å². The minimum atomic E-state index is -0.714. The Balaban J connectivity index is 1.53. The lowest BCUT2D eigenvalue weighted by atomic mass is 10.1. The fourth-order valence-corrected chi connectivity index (χ4v) is 4.24. The molecule has 2 N–H and O–H groups in total. The molecule has 3 aromatic rings. The topological polar surface area (TPSA) is 85.7 Å². The molecule has 0 spiro atoms. The number of hydrogen-bond acceptors (Lipinski definition) is 5. The van der Waals surface area contributed by atoms with Crippen LogP contribution in [0.25, 0.3) is 11.3 Å². The number of halogens is 2. The lowest BCUT2D eigenvalue weighted by Gasteiger charge is -2.16. The summed E-state index contributed by atoms with van der Waals surface area (Å²) in [4.78, 5) is 19.1. The molecule has 194 valence electrons. The molecule has 0 bridgehead atoms. The van der Waals surface area contributed by atoms with Crippen LogP contribution in [0.4, 0.5) is 8.78 Å². The molecule has 1 atom stereocenters. The molecule has 7 nitrogen and oxygen atoms in total. The van der Waals surface area contributed by atoms with E-state index in [1.54, 1.807) is 6.20 Å². The van der Waals surface area contributed by atoms with E-state index < -0.39 is 11.6 Å². The molecule has 0 radical (unpaired) electrons. The first-order valence-corrected chi connectivity index (χ1v) is 12.3. The van der Waals surface area contributed by atoms with E-state index in [4.69, 9.17) is 10.5 Å². The quantitative estimate of drug-likeness (QED) is 0.265. The number of likely N-dealkylation sites (N-methyl/N-ethyl adjacent to an activating group) is 1. The monoisotopic (exact) mass is 507 g/mol. The second kappa shape index (κ2) is 11.9. The molecular formula is C28H31F2N5O2. The van der Waals surface area contributed by atoms with E-state index in [9.17, 15) is 13.6 Å². The molecule has 2 aromatic carbocycles. The van der Waals surface area contributed by atoms with Crippen LogP contribution < -0.4 is 11.3 Å². The number of likely N-dealkylation sites (tertiary alicyclic amines) is 1. The average molecular weight is 508 g/mol. The number of rotatable bonds is 9. The summed E-state index contributed by atoms with van der Waals surface area (Å²) >= 11 is 0. The highest BCUT2D eigenvalue weighted by Crippen LogP contribution is 2.20. The number of aromatic nitrogens is 2. The Morgan fingerprint density at radius 3 is 2.68 bits per heavy atom. The van der Waals surface area contributed by atoms with Gasteiger partial charge in [0.25, 0.3) is 5.56 Å². The molecule has 1 aromatic heterocycles. The van der Waals surface area contributed by atoms with E-state index in [-0.39, 0.29) is 29.5 Å². The summed E-state index contributed by atoms with van der Waals surface area (Å²) in [6.07, 6.45) is 4.55. The van der Waals surface area contributed by atoms with E-state index in [0.717, 1.165) is 49.7 Å². The molecule has 1 fully saturated rings. The standard InChI is InChI=1S/C28H31F2N5O2/c1-3-5-24(37-25-10-11-34(2)18-25)16-32-28(31)20-7-4-6-19(12-20)17-35-27(36)9-8-26(33-35)21-13-22(29)15-23(30)14-21/h4,6-9,12-16,25H,3,5,10-11,17-18H2,1-2H3,(H2,31,32)/b24-16+/t25-/m0/s1. The van der Waals surface area contributed by atoms with Crippen molar-refractivity contribution < 1.29 is 13.5 Å². The van der Waals surface area contributed by atoms with Crippen LogP contribution in [0, 0.1) is 11.6 Å². The van der Waals surface area contributed by atoms with E-state index in [1.165, 1.54) is 28.9 Å². The minimum absolute atomic E-state index is 0.154. The van der Waals surface area contributed by atoms with Crippen molar-refractivity contribution in [3.63, 3.8) is 0 Å². The summed E-state index contributed by atoms with van der Waals surface area (Å²) in [5, 5.41) is 4.31. The fourth-order valence-electron chi connectivity index (χ4n) is 4.24. The number of benzene rings is 2. The Labute approximate surface area is 214 Å². The van der Waals surface area contributed by atoms with Crippen molar-refractivity contribution in [3.05, 3.63) is 99.7 Å². The van der Waals surface area contributed by atoms with Crippen molar-refractivity contribution in [2.45, 2.75) is 38.8 Å². The zero-order valence-electron chi connectivity index (χ0n) is 21.0. The number of aliphatic imine (C=N–C) groups is 1. The van der Waals surface area contributed by atoms with E-state index in [0.29, 0.717) is 11.4 Å². The Hall–Kier alpha value is -3.85. The highest BCUT2D eigenvalue weighted by atomic mass is 19.1. The Morgan fingerprint density at radius 1 is 1.19 bits per heavy atom. The van der Waals surface area contributed by atoms with Gasteiger partial charge >= 0.3 is 0 Å². The second-order valence-electron chi connectivity index (χ2n) is 9.22.